The van der Waals surface area contributed by atoms with Crippen molar-refractivity contribution in [2.45, 2.75) is 39.5 Å². The smallest absolute Gasteiger partial charge is 0.358 e. The fourth-order valence-corrected chi connectivity index (χ4v) is 4.40. The van der Waals surface area contributed by atoms with E-state index in [-0.39, 0.29) is 26.8 Å². The number of carbonyl (C=O) groups excluding carboxylic acids is 2. The molecular weight excluding hydrogens is 392 g/mol. The van der Waals surface area contributed by atoms with E-state index >= 15 is 0 Å². The molecule has 11 heteroatoms. The van der Waals surface area contributed by atoms with Gasteiger partial charge in [-0.05, 0) is 26.5 Å². The monoisotopic (exact) mass is 419 g/mol. The van der Waals surface area contributed by atoms with Gasteiger partial charge in [-0.2, -0.15) is 0 Å². The van der Waals surface area contributed by atoms with E-state index in [1.807, 2.05) is 25.8 Å². The van der Waals surface area contributed by atoms with Gasteiger partial charge in [-0.3, -0.25) is 19.7 Å². The van der Waals surface area contributed by atoms with E-state index in [0.717, 1.165) is 17.0 Å². The second-order valence-electron chi connectivity index (χ2n) is 7.69. The first-order chi connectivity index (χ1) is 13.8. The predicted octanol–water partition coefficient (Wildman–Crippen LogP) is -0.482. The van der Waals surface area contributed by atoms with Gasteiger partial charge in [0.1, 0.15) is 14.7 Å². The van der Waals surface area contributed by atoms with Crippen LogP contribution in [0.1, 0.15) is 25.2 Å². The molecule has 2 aliphatic heterocycles. The summed E-state index contributed by atoms with van der Waals surface area (Å²) in [5.74, 6) is -1.29. The van der Waals surface area contributed by atoms with Crippen LogP contribution in [-0.4, -0.2) is 70.5 Å². The molecule has 1 unspecified atom stereocenters. The normalized spacial score (nSPS) is 25.0. The van der Waals surface area contributed by atoms with E-state index in [0.29, 0.717) is 18.8 Å². The largest absolute Gasteiger partial charge is 0.428 e. The van der Waals surface area contributed by atoms with Gasteiger partial charge in [-0.15, -0.1) is 0 Å². The van der Waals surface area contributed by atoms with Crippen molar-refractivity contribution < 1.29 is 19.2 Å². The lowest BCUT2D eigenvalue weighted by Crippen LogP contribution is -2.63. The van der Waals surface area contributed by atoms with E-state index in [4.69, 9.17) is 4.52 Å². The van der Waals surface area contributed by atoms with E-state index in [1.165, 1.54) is 4.90 Å². The maximum absolute atomic E-state index is 12.7. The van der Waals surface area contributed by atoms with Crippen molar-refractivity contribution in [1.82, 2.24) is 24.8 Å². The zero-order valence-electron chi connectivity index (χ0n) is 17.3. The molecule has 0 bridgehead atoms. The molecule has 1 fully saturated rings. The van der Waals surface area contributed by atoms with Gasteiger partial charge in [0.2, 0.25) is 5.91 Å². The summed E-state index contributed by atoms with van der Waals surface area (Å²) in [5, 5.41) is 10.0. The number of nitrogens with zero attached hydrogens (tertiary/aromatic N) is 4. The number of β-lactam (4-membered cyclic amide) rings is 1. The third-order valence-electron chi connectivity index (χ3n) is 5.46. The molecule has 0 spiro atoms. The lowest BCUT2D eigenvalue weighted by atomic mass is 9.77. The Kier molecular flexibility index (Phi) is 6.68. The molecule has 0 aliphatic carbocycles. The SMILES string of the molecule is BNPOC(=O)C1=C(CN(C)Cc2cnc(C)cn2)[C@H](C)[C@@H]2[C@@H]([C@@H](C)O)C(=O)N12. The molecule has 156 valence electrons. The number of hydrogen-bond acceptors (Lipinski definition) is 8. The van der Waals surface area contributed by atoms with Gasteiger partial charge in [0.25, 0.3) is 0 Å². The van der Waals surface area contributed by atoms with E-state index in [9.17, 15) is 14.7 Å². The van der Waals surface area contributed by atoms with Crippen molar-refractivity contribution in [3.8, 4) is 0 Å². The maximum Gasteiger partial charge on any atom is 0.358 e. The number of hydrogen-bond donors (Lipinski definition) is 2. The van der Waals surface area contributed by atoms with Crippen molar-refractivity contribution in [2.75, 3.05) is 13.6 Å². The molecule has 5 atom stereocenters. The summed E-state index contributed by atoms with van der Waals surface area (Å²) in [7, 11) is 3.43. The van der Waals surface area contributed by atoms with Crippen molar-refractivity contribution in [1.29, 1.82) is 0 Å². The topological polar surface area (TPSA) is 108 Å². The minimum absolute atomic E-state index is 0.0562. The fourth-order valence-electron chi connectivity index (χ4n) is 4.11. The third kappa shape index (κ3) is 4.21. The Morgan fingerprint density at radius 2 is 2.17 bits per heavy atom. The molecule has 1 aromatic rings. The molecule has 3 rings (SSSR count). The molecule has 3 heterocycles. The van der Waals surface area contributed by atoms with E-state index in [2.05, 4.69) is 15.0 Å². The highest BCUT2D eigenvalue weighted by Gasteiger charge is 2.59. The standard InChI is InChI=1S/C18H27BN5O4P/c1-9-5-21-12(6-20-9)7-23(4)8-13-10(2)15-14(11(3)25)17(26)24(15)16(13)18(27)28-29-22-19/h5-6,10-11,14-15,22,25,29H,7-8,19H2,1-4H3/t10-,11+,14+,15+/m0/s1. The quantitative estimate of drug-likeness (QED) is 0.331. The van der Waals surface area contributed by atoms with Gasteiger partial charge in [-0.1, -0.05) is 6.92 Å². The summed E-state index contributed by atoms with van der Waals surface area (Å²) >= 11 is 0. The molecule has 2 N–H and O–H groups in total. The van der Waals surface area contributed by atoms with Gasteiger partial charge in [0.05, 0.1) is 29.5 Å². The number of fused-ring (bicyclic) bond motifs is 1. The maximum atomic E-state index is 12.7. The fraction of sp³-hybridized carbons (Fsp3) is 0.556. The highest BCUT2D eigenvalue weighted by molar-refractivity contribution is 7.32. The molecular formula is C18H27BN5O4P. The molecule has 0 aromatic carbocycles. The van der Waals surface area contributed by atoms with Crippen LogP contribution < -0.4 is 5.00 Å². The molecule has 29 heavy (non-hydrogen) atoms. The Balaban J connectivity index is 1.83. The second kappa shape index (κ2) is 8.87. The molecule has 0 saturated carbocycles. The molecule has 0 radical (unpaired) electrons. The van der Waals surface area contributed by atoms with E-state index in [1.54, 1.807) is 27.3 Å². The lowest BCUT2D eigenvalue weighted by molar-refractivity contribution is -0.162. The minimum Gasteiger partial charge on any atom is -0.428 e. The Morgan fingerprint density at radius 1 is 1.45 bits per heavy atom. The van der Waals surface area contributed by atoms with Crippen LogP contribution in [-0.2, 0) is 20.7 Å². The van der Waals surface area contributed by atoms with Crippen LogP contribution in [0.3, 0.4) is 0 Å². The molecule has 2 aliphatic rings. The summed E-state index contributed by atoms with van der Waals surface area (Å²) in [4.78, 5) is 40.4. The van der Waals surface area contributed by atoms with Gasteiger partial charge < -0.3 is 19.5 Å². The number of nitrogens with one attached hydrogen (secondary N) is 1. The van der Waals surface area contributed by atoms with Gasteiger partial charge >= 0.3 is 5.97 Å². The van der Waals surface area contributed by atoms with Crippen LogP contribution in [0, 0.1) is 18.8 Å². The van der Waals surface area contributed by atoms with Crippen LogP contribution in [0.5, 0.6) is 0 Å². The highest BCUT2D eigenvalue weighted by Crippen LogP contribution is 2.47. The van der Waals surface area contributed by atoms with Crippen molar-refractivity contribution >= 4 is 28.8 Å². The first kappa shape index (κ1) is 21.8. The number of rotatable bonds is 8. The second-order valence-corrected chi connectivity index (χ2v) is 8.60. The Bertz CT molecular complexity index is 819. The first-order valence-electron chi connectivity index (χ1n) is 9.59. The summed E-state index contributed by atoms with van der Waals surface area (Å²) in [6.07, 6.45) is 2.70. The summed E-state index contributed by atoms with van der Waals surface area (Å²) in [6, 6.07) is -0.217. The zero-order valence-corrected chi connectivity index (χ0v) is 18.3. The Labute approximate surface area is 173 Å². The van der Waals surface area contributed by atoms with Gasteiger partial charge in [0, 0.05) is 31.4 Å². The molecule has 1 aromatic heterocycles. The molecule has 1 amide bonds. The molecule has 1 saturated heterocycles. The number of carbonyl (C=O) groups is 2. The highest BCUT2D eigenvalue weighted by atomic mass is 31.1. The van der Waals surface area contributed by atoms with Crippen molar-refractivity contribution in [3.63, 3.8) is 0 Å². The molecule has 9 nitrogen and oxygen atoms in total. The van der Waals surface area contributed by atoms with Crippen LogP contribution in [0.4, 0.5) is 0 Å². The third-order valence-corrected chi connectivity index (χ3v) is 5.95. The van der Waals surface area contributed by atoms with Crippen LogP contribution in [0.15, 0.2) is 23.7 Å². The number of likely N-dealkylation sites (N-methyl/N-ethyl adjacent to an activating group) is 1. The zero-order chi connectivity index (χ0) is 21.3. The average Bonchev–Trinajstić information content (AvgIpc) is 2.90. The Morgan fingerprint density at radius 3 is 2.76 bits per heavy atom. The van der Waals surface area contributed by atoms with Crippen molar-refractivity contribution in [2.24, 2.45) is 11.8 Å². The number of aliphatic hydroxyl groups excluding tert-OH is 1. The number of amides is 1. The van der Waals surface area contributed by atoms with Crippen LogP contribution in [0.25, 0.3) is 0 Å². The number of aryl methyl sites for hydroxylation is 1. The van der Waals surface area contributed by atoms with Gasteiger partial charge in [-0.25, -0.2) is 4.79 Å². The minimum atomic E-state index is -0.762. The van der Waals surface area contributed by atoms with Crippen molar-refractivity contribution in [3.05, 3.63) is 35.1 Å². The average molecular weight is 419 g/mol. The number of aromatic nitrogens is 2. The van der Waals surface area contributed by atoms with E-state index < -0.39 is 18.0 Å². The first-order valence-corrected chi connectivity index (χ1v) is 10.5. The Hall–Kier alpha value is -1.87. The van der Waals surface area contributed by atoms with Crippen LogP contribution in [0.2, 0.25) is 0 Å². The number of aliphatic hydroxyl groups is 1. The summed E-state index contributed by atoms with van der Waals surface area (Å²) < 4.78 is 5.29. The summed E-state index contributed by atoms with van der Waals surface area (Å²) in [5.41, 5.74) is 2.84. The van der Waals surface area contributed by atoms with Gasteiger partial charge in [0.15, 0.2) is 7.98 Å². The predicted molar refractivity (Wildman–Crippen MR) is 111 cm³/mol. The van der Waals surface area contributed by atoms with Crippen LogP contribution >= 0.6 is 8.96 Å². The lowest BCUT2D eigenvalue weighted by Gasteiger charge is -2.46. The summed E-state index contributed by atoms with van der Waals surface area (Å²) in [6.45, 7) is 6.54.